The van der Waals surface area contributed by atoms with E-state index in [0.29, 0.717) is 5.52 Å². The lowest BCUT2D eigenvalue weighted by Crippen LogP contribution is -2.19. The number of rotatable bonds is 3. The molecule has 0 unspecified atom stereocenters. The molecule has 1 aromatic heterocycles. The van der Waals surface area contributed by atoms with Crippen LogP contribution in [0, 0.1) is 0 Å². The van der Waals surface area contributed by atoms with Crippen LogP contribution < -0.4 is 4.74 Å². The van der Waals surface area contributed by atoms with Crippen LogP contribution in [-0.2, 0) is 6.42 Å². The number of fused-ring (bicyclic) bond motifs is 1. The number of alkyl halides is 3. The van der Waals surface area contributed by atoms with Crippen LogP contribution in [0.2, 0.25) is 0 Å². The van der Waals surface area contributed by atoms with Crippen molar-refractivity contribution in [1.29, 1.82) is 0 Å². The Hall–Kier alpha value is -1.78. The summed E-state index contributed by atoms with van der Waals surface area (Å²) in [6.07, 6.45) is -3.49. The molecule has 0 saturated carbocycles. The molecule has 5 heteroatoms. The summed E-state index contributed by atoms with van der Waals surface area (Å²) in [6.45, 7) is 0.685. The first kappa shape index (κ1) is 12.7. The van der Waals surface area contributed by atoms with Gasteiger partial charge in [-0.2, -0.15) is 13.2 Å². The molecular formula is C13H12F3NO. The van der Waals surface area contributed by atoms with E-state index in [0.717, 1.165) is 17.4 Å². The van der Waals surface area contributed by atoms with Crippen LogP contribution >= 0.6 is 0 Å². The predicted octanol–water partition coefficient (Wildman–Crippen LogP) is 3.74. The predicted molar refractivity (Wildman–Crippen MR) is 62.7 cm³/mol. The number of halogens is 3. The van der Waals surface area contributed by atoms with Crippen molar-refractivity contribution < 1.29 is 17.9 Å². The third-order valence-electron chi connectivity index (χ3n) is 2.52. The molecule has 0 amide bonds. The molecule has 0 aliphatic heterocycles. The maximum absolute atomic E-state index is 12.0. The van der Waals surface area contributed by atoms with Crippen molar-refractivity contribution in [2.45, 2.75) is 19.5 Å². The molecule has 18 heavy (non-hydrogen) atoms. The number of ether oxygens (including phenoxy) is 1. The zero-order valence-electron chi connectivity index (χ0n) is 9.79. The topological polar surface area (TPSA) is 22.1 Å². The third-order valence-corrected chi connectivity index (χ3v) is 2.52. The van der Waals surface area contributed by atoms with Crippen molar-refractivity contribution in [3.63, 3.8) is 0 Å². The van der Waals surface area contributed by atoms with E-state index in [1.54, 1.807) is 6.07 Å². The maximum atomic E-state index is 12.0. The SMILES string of the molecule is CCc1ccc2ccc(OCC(F)(F)F)nc2c1. The Balaban J connectivity index is 2.25. The van der Waals surface area contributed by atoms with Crippen LogP contribution in [0.5, 0.6) is 5.88 Å². The highest BCUT2D eigenvalue weighted by Crippen LogP contribution is 2.21. The van der Waals surface area contributed by atoms with Crippen LogP contribution in [0.25, 0.3) is 10.9 Å². The van der Waals surface area contributed by atoms with Gasteiger partial charge in [-0.15, -0.1) is 0 Å². The molecule has 2 nitrogen and oxygen atoms in total. The number of aromatic nitrogens is 1. The summed E-state index contributed by atoms with van der Waals surface area (Å²) in [6, 6.07) is 8.87. The van der Waals surface area contributed by atoms with Gasteiger partial charge in [-0.3, -0.25) is 0 Å². The van der Waals surface area contributed by atoms with E-state index < -0.39 is 12.8 Å². The average molecular weight is 255 g/mol. The van der Waals surface area contributed by atoms with Crippen molar-refractivity contribution in [2.75, 3.05) is 6.61 Å². The van der Waals surface area contributed by atoms with Gasteiger partial charge in [0.15, 0.2) is 6.61 Å². The first-order valence-electron chi connectivity index (χ1n) is 5.57. The summed E-state index contributed by atoms with van der Waals surface area (Å²) in [5, 5.41) is 0.881. The standard InChI is InChI=1S/C13H12F3NO/c1-2-9-3-4-10-5-6-12(17-11(10)7-9)18-8-13(14,15)16/h3-7H,2,8H2,1H3. The van der Waals surface area contributed by atoms with Gasteiger partial charge in [0, 0.05) is 11.5 Å². The van der Waals surface area contributed by atoms with E-state index in [1.807, 2.05) is 25.1 Å². The molecule has 0 N–H and O–H groups in total. The van der Waals surface area contributed by atoms with Crippen LogP contribution in [0.4, 0.5) is 13.2 Å². The number of nitrogens with zero attached hydrogens (tertiary/aromatic N) is 1. The Morgan fingerprint density at radius 1 is 1.17 bits per heavy atom. The monoisotopic (exact) mass is 255 g/mol. The Morgan fingerprint density at radius 3 is 2.56 bits per heavy atom. The van der Waals surface area contributed by atoms with Gasteiger partial charge in [0.1, 0.15) is 0 Å². The van der Waals surface area contributed by atoms with Gasteiger partial charge in [-0.05, 0) is 24.1 Å². The van der Waals surface area contributed by atoms with Gasteiger partial charge < -0.3 is 4.74 Å². The molecule has 0 spiro atoms. The number of pyridine rings is 1. The van der Waals surface area contributed by atoms with Gasteiger partial charge in [0.2, 0.25) is 5.88 Å². The van der Waals surface area contributed by atoms with Crippen LogP contribution in [0.15, 0.2) is 30.3 Å². The number of benzene rings is 1. The summed E-state index contributed by atoms with van der Waals surface area (Å²) in [5.41, 5.74) is 1.73. The minimum absolute atomic E-state index is 0.00641. The second-order valence-electron chi connectivity index (χ2n) is 3.93. The quantitative estimate of drug-likeness (QED) is 0.833. The van der Waals surface area contributed by atoms with Gasteiger partial charge in [0.25, 0.3) is 0 Å². The summed E-state index contributed by atoms with van der Waals surface area (Å²) < 4.78 is 40.7. The second-order valence-corrected chi connectivity index (χ2v) is 3.93. The lowest BCUT2D eigenvalue weighted by molar-refractivity contribution is -0.154. The lowest BCUT2D eigenvalue weighted by atomic mass is 10.1. The molecule has 2 rings (SSSR count). The maximum Gasteiger partial charge on any atom is 0.422 e. The molecule has 1 heterocycles. The first-order chi connectivity index (χ1) is 8.48. The summed E-state index contributed by atoms with van der Waals surface area (Å²) in [5.74, 6) is -0.00641. The Labute approximate surface area is 102 Å². The normalized spacial score (nSPS) is 11.8. The molecule has 2 aromatic rings. The first-order valence-corrected chi connectivity index (χ1v) is 5.57. The smallest absolute Gasteiger partial charge is 0.422 e. The van der Waals surface area contributed by atoms with Gasteiger partial charge >= 0.3 is 6.18 Å². The zero-order chi connectivity index (χ0) is 13.2. The fraction of sp³-hybridized carbons (Fsp3) is 0.308. The van der Waals surface area contributed by atoms with E-state index in [9.17, 15) is 13.2 Å². The number of aryl methyl sites for hydroxylation is 1. The van der Waals surface area contributed by atoms with Crippen molar-refractivity contribution in [1.82, 2.24) is 4.98 Å². The fourth-order valence-electron chi connectivity index (χ4n) is 1.60. The molecule has 0 aliphatic carbocycles. The Morgan fingerprint density at radius 2 is 1.89 bits per heavy atom. The Bertz CT molecular complexity index is 551. The zero-order valence-corrected chi connectivity index (χ0v) is 9.79. The van der Waals surface area contributed by atoms with Crippen molar-refractivity contribution >= 4 is 10.9 Å². The minimum Gasteiger partial charge on any atom is -0.468 e. The Kier molecular flexibility index (Phi) is 3.41. The fourth-order valence-corrected chi connectivity index (χ4v) is 1.60. The van der Waals surface area contributed by atoms with Crippen LogP contribution in [0.3, 0.4) is 0 Å². The van der Waals surface area contributed by atoms with Gasteiger partial charge in [-0.25, -0.2) is 4.98 Å². The molecule has 1 aromatic carbocycles. The van der Waals surface area contributed by atoms with Crippen molar-refractivity contribution in [3.8, 4) is 5.88 Å². The van der Waals surface area contributed by atoms with E-state index in [2.05, 4.69) is 9.72 Å². The molecular weight excluding hydrogens is 243 g/mol. The summed E-state index contributed by atoms with van der Waals surface area (Å²) >= 11 is 0. The lowest BCUT2D eigenvalue weighted by Gasteiger charge is -2.09. The summed E-state index contributed by atoms with van der Waals surface area (Å²) in [4.78, 5) is 4.06. The van der Waals surface area contributed by atoms with Crippen LogP contribution in [0.1, 0.15) is 12.5 Å². The number of hydrogen-bond donors (Lipinski definition) is 0. The van der Waals surface area contributed by atoms with E-state index in [-0.39, 0.29) is 5.88 Å². The molecule has 0 saturated heterocycles. The van der Waals surface area contributed by atoms with E-state index >= 15 is 0 Å². The van der Waals surface area contributed by atoms with Gasteiger partial charge in [0.05, 0.1) is 5.52 Å². The van der Waals surface area contributed by atoms with Crippen LogP contribution in [-0.4, -0.2) is 17.8 Å². The minimum atomic E-state index is -4.35. The average Bonchev–Trinajstić information content (AvgIpc) is 2.34. The molecule has 0 fully saturated rings. The molecule has 0 bridgehead atoms. The van der Waals surface area contributed by atoms with E-state index in [1.165, 1.54) is 6.07 Å². The second kappa shape index (κ2) is 4.84. The summed E-state index contributed by atoms with van der Waals surface area (Å²) in [7, 11) is 0. The largest absolute Gasteiger partial charge is 0.468 e. The highest BCUT2D eigenvalue weighted by molar-refractivity contribution is 5.79. The highest BCUT2D eigenvalue weighted by Gasteiger charge is 2.28. The van der Waals surface area contributed by atoms with Crippen molar-refractivity contribution in [2.24, 2.45) is 0 Å². The van der Waals surface area contributed by atoms with E-state index in [4.69, 9.17) is 0 Å². The molecule has 96 valence electrons. The van der Waals surface area contributed by atoms with Crippen molar-refractivity contribution in [3.05, 3.63) is 35.9 Å². The third kappa shape index (κ3) is 3.12. The van der Waals surface area contributed by atoms with Gasteiger partial charge in [-0.1, -0.05) is 19.1 Å². The molecule has 0 radical (unpaired) electrons. The number of hydrogen-bond acceptors (Lipinski definition) is 2. The highest BCUT2D eigenvalue weighted by atomic mass is 19.4. The molecule has 0 atom stereocenters. The molecule has 0 aliphatic rings.